The molecule has 20 heavy (non-hydrogen) atoms. The second-order valence-electron chi connectivity index (χ2n) is 4.33. The molecular weight excluding hydrogens is 267 g/mol. The Morgan fingerprint density at radius 1 is 1.00 bits per heavy atom. The number of rotatable bonds is 3. The maximum Gasteiger partial charge on any atom is 0.416 e. The molecule has 0 fully saturated rings. The van der Waals surface area contributed by atoms with Crippen LogP contribution in [0.25, 0.3) is 0 Å². The summed E-state index contributed by atoms with van der Waals surface area (Å²) >= 11 is 0. The van der Waals surface area contributed by atoms with E-state index in [1.807, 2.05) is 0 Å². The summed E-state index contributed by atoms with van der Waals surface area (Å²) in [5, 5.41) is 2.98. The maximum atomic E-state index is 12.8. The smallest absolute Gasteiger partial charge is 0.416 e. The molecule has 0 aliphatic heterocycles. The molecule has 5 heteroatoms. The van der Waals surface area contributed by atoms with Crippen LogP contribution in [0.5, 0.6) is 5.75 Å². The molecule has 2 aromatic carbocycles. The molecule has 0 heterocycles. The van der Waals surface area contributed by atoms with Crippen LogP contribution >= 0.6 is 0 Å². The molecule has 0 amide bonds. The molecule has 0 atom stereocenters. The fourth-order valence-electron chi connectivity index (χ4n) is 1.91. The van der Waals surface area contributed by atoms with Crippen LogP contribution in [0.3, 0.4) is 0 Å². The Morgan fingerprint density at radius 2 is 1.65 bits per heavy atom. The SMILES string of the molecule is COc1ccc(Nc2cccc(C(F)(F)F)c2C)cc1. The van der Waals surface area contributed by atoms with E-state index in [1.165, 1.54) is 13.0 Å². The van der Waals surface area contributed by atoms with E-state index < -0.39 is 11.7 Å². The molecule has 0 bridgehead atoms. The fourth-order valence-corrected chi connectivity index (χ4v) is 1.91. The highest BCUT2D eigenvalue weighted by atomic mass is 19.4. The van der Waals surface area contributed by atoms with Gasteiger partial charge in [-0.15, -0.1) is 0 Å². The van der Waals surface area contributed by atoms with Crippen molar-refractivity contribution in [2.75, 3.05) is 12.4 Å². The predicted octanol–water partition coefficient (Wildman–Crippen LogP) is 4.77. The first-order valence-corrected chi connectivity index (χ1v) is 5.99. The Balaban J connectivity index is 2.29. The van der Waals surface area contributed by atoms with Crippen molar-refractivity contribution in [2.45, 2.75) is 13.1 Å². The Labute approximate surface area is 115 Å². The van der Waals surface area contributed by atoms with E-state index in [0.717, 1.165) is 6.07 Å². The topological polar surface area (TPSA) is 21.3 Å². The van der Waals surface area contributed by atoms with Gasteiger partial charge in [0.05, 0.1) is 12.7 Å². The second kappa shape index (κ2) is 5.45. The summed E-state index contributed by atoms with van der Waals surface area (Å²) in [7, 11) is 1.55. The number of hydrogen-bond acceptors (Lipinski definition) is 2. The average Bonchev–Trinajstić information content (AvgIpc) is 2.40. The first kappa shape index (κ1) is 14.2. The number of benzene rings is 2. The van der Waals surface area contributed by atoms with E-state index in [1.54, 1.807) is 37.4 Å². The number of nitrogens with one attached hydrogen (secondary N) is 1. The Bertz CT molecular complexity index is 591. The number of anilines is 2. The van der Waals surface area contributed by atoms with Crippen LogP contribution < -0.4 is 10.1 Å². The van der Waals surface area contributed by atoms with Crippen molar-refractivity contribution in [3.05, 3.63) is 53.6 Å². The van der Waals surface area contributed by atoms with Gasteiger partial charge in [-0.25, -0.2) is 0 Å². The first-order chi connectivity index (χ1) is 9.41. The maximum absolute atomic E-state index is 12.8. The normalized spacial score (nSPS) is 11.2. The molecule has 1 N–H and O–H groups in total. The van der Waals surface area contributed by atoms with Gasteiger partial charge in [0.2, 0.25) is 0 Å². The number of alkyl halides is 3. The summed E-state index contributed by atoms with van der Waals surface area (Å²) in [6.45, 7) is 1.45. The number of ether oxygens (including phenoxy) is 1. The molecule has 0 saturated heterocycles. The highest BCUT2D eigenvalue weighted by Crippen LogP contribution is 2.35. The zero-order valence-electron chi connectivity index (χ0n) is 11.1. The molecule has 2 nitrogen and oxygen atoms in total. The molecule has 0 unspecified atom stereocenters. The van der Waals surface area contributed by atoms with Gasteiger partial charge in [0.15, 0.2) is 0 Å². The van der Waals surface area contributed by atoms with Crippen LogP contribution in [-0.4, -0.2) is 7.11 Å². The van der Waals surface area contributed by atoms with Crippen molar-refractivity contribution >= 4 is 11.4 Å². The largest absolute Gasteiger partial charge is 0.497 e. The van der Waals surface area contributed by atoms with Gasteiger partial charge in [0.1, 0.15) is 5.75 Å². The van der Waals surface area contributed by atoms with Gasteiger partial charge >= 0.3 is 6.18 Å². The van der Waals surface area contributed by atoms with E-state index in [9.17, 15) is 13.2 Å². The molecule has 106 valence electrons. The van der Waals surface area contributed by atoms with E-state index in [-0.39, 0.29) is 5.56 Å². The predicted molar refractivity (Wildman–Crippen MR) is 72.5 cm³/mol. The Morgan fingerprint density at radius 3 is 2.20 bits per heavy atom. The van der Waals surface area contributed by atoms with Gasteiger partial charge in [0, 0.05) is 11.4 Å². The lowest BCUT2D eigenvalue weighted by molar-refractivity contribution is -0.138. The van der Waals surface area contributed by atoms with Crippen molar-refractivity contribution in [3.63, 3.8) is 0 Å². The zero-order valence-corrected chi connectivity index (χ0v) is 11.1. The molecule has 0 aliphatic carbocycles. The van der Waals surface area contributed by atoms with Crippen molar-refractivity contribution in [2.24, 2.45) is 0 Å². The first-order valence-electron chi connectivity index (χ1n) is 5.99. The van der Waals surface area contributed by atoms with Crippen LogP contribution in [0.2, 0.25) is 0 Å². The molecule has 0 aliphatic rings. The Hall–Kier alpha value is -2.17. The number of halogens is 3. The quantitative estimate of drug-likeness (QED) is 0.875. The van der Waals surface area contributed by atoms with Crippen molar-refractivity contribution in [1.29, 1.82) is 0 Å². The van der Waals surface area contributed by atoms with Gasteiger partial charge in [0.25, 0.3) is 0 Å². The molecular formula is C15H14F3NO. The summed E-state index contributed by atoms with van der Waals surface area (Å²) in [5.41, 5.74) is 0.685. The van der Waals surface area contributed by atoms with Crippen LogP contribution in [0.15, 0.2) is 42.5 Å². The monoisotopic (exact) mass is 281 g/mol. The molecule has 2 rings (SSSR count). The van der Waals surface area contributed by atoms with Gasteiger partial charge in [-0.1, -0.05) is 6.07 Å². The van der Waals surface area contributed by atoms with Gasteiger partial charge in [-0.05, 0) is 48.9 Å². The summed E-state index contributed by atoms with van der Waals surface area (Å²) in [6.07, 6.45) is -4.35. The van der Waals surface area contributed by atoms with Crippen LogP contribution in [0.4, 0.5) is 24.5 Å². The number of methoxy groups -OCH3 is 1. The average molecular weight is 281 g/mol. The van der Waals surface area contributed by atoms with Crippen LogP contribution in [-0.2, 0) is 6.18 Å². The Kier molecular flexibility index (Phi) is 3.88. The lowest BCUT2D eigenvalue weighted by Crippen LogP contribution is -2.08. The molecule has 0 aromatic heterocycles. The molecule has 2 aromatic rings. The minimum Gasteiger partial charge on any atom is -0.497 e. The number of hydrogen-bond donors (Lipinski definition) is 1. The van der Waals surface area contributed by atoms with Crippen LogP contribution in [0.1, 0.15) is 11.1 Å². The van der Waals surface area contributed by atoms with E-state index in [0.29, 0.717) is 17.1 Å². The third-order valence-electron chi connectivity index (χ3n) is 3.01. The fraction of sp³-hybridized carbons (Fsp3) is 0.200. The summed E-state index contributed by atoms with van der Waals surface area (Å²) < 4.78 is 43.5. The zero-order chi connectivity index (χ0) is 14.8. The minimum absolute atomic E-state index is 0.177. The second-order valence-corrected chi connectivity index (χ2v) is 4.33. The van der Waals surface area contributed by atoms with Gasteiger partial charge < -0.3 is 10.1 Å². The van der Waals surface area contributed by atoms with Gasteiger partial charge in [-0.3, -0.25) is 0 Å². The molecule has 0 spiro atoms. The van der Waals surface area contributed by atoms with Gasteiger partial charge in [-0.2, -0.15) is 13.2 Å². The van der Waals surface area contributed by atoms with E-state index in [4.69, 9.17) is 4.74 Å². The highest BCUT2D eigenvalue weighted by molar-refractivity contribution is 5.65. The standard InChI is InChI=1S/C15H14F3NO/c1-10-13(15(16,17)18)4-3-5-14(10)19-11-6-8-12(20-2)9-7-11/h3-9,19H,1-2H3. The summed E-state index contributed by atoms with van der Waals surface area (Å²) in [6, 6.07) is 11.1. The van der Waals surface area contributed by atoms with Crippen molar-refractivity contribution in [3.8, 4) is 5.75 Å². The summed E-state index contributed by atoms with van der Waals surface area (Å²) in [4.78, 5) is 0. The van der Waals surface area contributed by atoms with Crippen LogP contribution in [0, 0.1) is 6.92 Å². The third-order valence-corrected chi connectivity index (χ3v) is 3.01. The minimum atomic E-state index is -4.35. The lowest BCUT2D eigenvalue weighted by atomic mass is 10.1. The van der Waals surface area contributed by atoms with E-state index >= 15 is 0 Å². The summed E-state index contributed by atoms with van der Waals surface area (Å²) in [5.74, 6) is 0.691. The lowest BCUT2D eigenvalue weighted by Gasteiger charge is -2.15. The third kappa shape index (κ3) is 3.04. The molecule has 0 saturated carbocycles. The van der Waals surface area contributed by atoms with Crippen molar-refractivity contribution in [1.82, 2.24) is 0 Å². The molecule has 0 radical (unpaired) electrons. The van der Waals surface area contributed by atoms with Crippen molar-refractivity contribution < 1.29 is 17.9 Å². The van der Waals surface area contributed by atoms with E-state index in [2.05, 4.69) is 5.32 Å². The highest BCUT2D eigenvalue weighted by Gasteiger charge is 2.32.